The first kappa shape index (κ1) is 18.1. The summed E-state index contributed by atoms with van der Waals surface area (Å²) in [5.41, 5.74) is 0. The van der Waals surface area contributed by atoms with Crippen LogP contribution in [0.1, 0.15) is 47.0 Å². The van der Waals surface area contributed by atoms with E-state index >= 15 is 0 Å². The van der Waals surface area contributed by atoms with Gasteiger partial charge in [-0.2, -0.15) is 0 Å². The van der Waals surface area contributed by atoms with Crippen molar-refractivity contribution < 1.29 is 13.3 Å². The molecule has 0 N–H and O–H groups in total. The van der Waals surface area contributed by atoms with Gasteiger partial charge < -0.3 is 13.3 Å². The van der Waals surface area contributed by atoms with E-state index in [9.17, 15) is 0 Å². The maximum absolute atomic E-state index is 5.95. The molecule has 0 atom stereocenters. The standard InChI is InChI=1S/C11H24Br2O3Si/c1-5-8-14-17(11(4,12)13,15-9-6-2)16-10-7-3/h5-10H2,1-4H3. The van der Waals surface area contributed by atoms with Crippen LogP contribution in [-0.2, 0) is 13.3 Å². The molecular weight excluding hydrogens is 368 g/mol. The lowest BCUT2D eigenvalue weighted by molar-refractivity contribution is 0.0571. The van der Waals surface area contributed by atoms with Gasteiger partial charge in [0.25, 0.3) is 0 Å². The lowest BCUT2D eigenvalue weighted by Gasteiger charge is -2.36. The molecule has 0 aromatic heterocycles. The predicted molar refractivity (Wildman–Crippen MR) is 80.7 cm³/mol. The van der Waals surface area contributed by atoms with Crippen molar-refractivity contribution >= 4 is 40.7 Å². The molecule has 0 aliphatic rings. The zero-order valence-corrected chi connectivity index (χ0v) is 15.4. The van der Waals surface area contributed by atoms with Crippen LogP contribution in [0.25, 0.3) is 0 Å². The predicted octanol–water partition coefficient (Wildman–Crippen LogP) is 4.25. The molecule has 6 heteroatoms. The van der Waals surface area contributed by atoms with Gasteiger partial charge in [0.2, 0.25) is 0 Å². The van der Waals surface area contributed by atoms with Crippen molar-refractivity contribution in [3.05, 3.63) is 0 Å². The lowest BCUT2D eigenvalue weighted by Crippen LogP contribution is -2.58. The lowest BCUT2D eigenvalue weighted by atomic mass is 10.5. The van der Waals surface area contributed by atoms with Gasteiger partial charge >= 0.3 is 8.80 Å². The SMILES string of the molecule is CCCO[Si](OCCC)(OCCC)C(C)(Br)Br. The third-order valence-corrected chi connectivity index (χ3v) is 7.77. The largest absolute Gasteiger partial charge is 0.529 e. The Labute approximate surface area is 123 Å². The van der Waals surface area contributed by atoms with Crippen LogP contribution in [0.3, 0.4) is 0 Å². The van der Waals surface area contributed by atoms with Gasteiger partial charge in [0, 0.05) is 19.8 Å². The second kappa shape index (κ2) is 9.04. The van der Waals surface area contributed by atoms with Gasteiger partial charge in [0.15, 0.2) is 0 Å². The molecule has 0 radical (unpaired) electrons. The van der Waals surface area contributed by atoms with Gasteiger partial charge in [-0.25, -0.2) is 0 Å². The fourth-order valence-corrected chi connectivity index (χ4v) is 5.70. The second-order valence-electron chi connectivity index (χ2n) is 3.99. The van der Waals surface area contributed by atoms with Crippen molar-refractivity contribution in [1.29, 1.82) is 0 Å². The average Bonchev–Trinajstić information content (AvgIpc) is 2.27. The molecule has 0 bridgehead atoms. The molecule has 0 amide bonds. The Hall–Kier alpha value is 1.06. The Morgan fingerprint density at radius 2 is 1.12 bits per heavy atom. The summed E-state index contributed by atoms with van der Waals surface area (Å²) in [6, 6.07) is 0. The zero-order chi connectivity index (χ0) is 13.4. The zero-order valence-electron chi connectivity index (χ0n) is 11.2. The molecular formula is C11H24Br2O3Si. The minimum absolute atomic E-state index is 0.438. The van der Waals surface area contributed by atoms with Crippen molar-refractivity contribution in [3.8, 4) is 0 Å². The van der Waals surface area contributed by atoms with Crippen LogP contribution in [-0.4, -0.2) is 31.5 Å². The first-order chi connectivity index (χ1) is 7.93. The molecule has 104 valence electrons. The topological polar surface area (TPSA) is 27.7 Å². The first-order valence-electron chi connectivity index (χ1n) is 6.23. The van der Waals surface area contributed by atoms with Crippen LogP contribution in [0.2, 0.25) is 0 Å². The van der Waals surface area contributed by atoms with E-state index in [-0.39, 0.29) is 0 Å². The van der Waals surface area contributed by atoms with Crippen molar-refractivity contribution in [3.63, 3.8) is 0 Å². The monoisotopic (exact) mass is 390 g/mol. The highest BCUT2D eigenvalue weighted by Gasteiger charge is 2.56. The summed E-state index contributed by atoms with van der Waals surface area (Å²) in [6.45, 7) is 10.2. The van der Waals surface area contributed by atoms with Crippen molar-refractivity contribution in [2.24, 2.45) is 0 Å². The molecule has 0 aliphatic carbocycles. The molecule has 0 spiro atoms. The third kappa shape index (κ3) is 6.16. The Morgan fingerprint density at radius 3 is 1.29 bits per heavy atom. The van der Waals surface area contributed by atoms with Crippen molar-refractivity contribution in [1.82, 2.24) is 0 Å². The summed E-state index contributed by atoms with van der Waals surface area (Å²) < 4.78 is 17.4. The molecule has 0 rings (SSSR count). The quantitative estimate of drug-likeness (QED) is 0.411. The molecule has 0 aliphatic heterocycles. The summed E-state index contributed by atoms with van der Waals surface area (Å²) in [4.78, 5) is 0. The van der Waals surface area contributed by atoms with Gasteiger partial charge in [-0.1, -0.05) is 52.6 Å². The number of hydrogen-bond donors (Lipinski definition) is 0. The molecule has 0 aromatic rings. The summed E-state index contributed by atoms with van der Waals surface area (Å²) in [5, 5.41) is 0. The van der Waals surface area contributed by atoms with Crippen LogP contribution in [0.4, 0.5) is 0 Å². The Bertz CT molecular complexity index is 176. The normalized spacial score (nSPS) is 13.1. The molecule has 17 heavy (non-hydrogen) atoms. The molecule has 0 heterocycles. The van der Waals surface area contributed by atoms with Crippen LogP contribution in [0, 0.1) is 0 Å². The third-order valence-electron chi connectivity index (χ3n) is 2.03. The molecule has 0 saturated carbocycles. The van der Waals surface area contributed by atoms with Crippen molar-refractivity contribution in [2.45, 2.75) is 49.8 Å². The van der Waals surface area contributed by atoms with E-state index in [2.05, 4.69) is 52.6 Å². The maximum Gasteiger partial charge on any atom is 0.529 e. The molecule has 0 fully saturated rings. The summed E-state index contributed by atoms with van der Waals surface area (Å²) in [7, 11) is -2.73. The number of hydrogen-bond acceptors (Lipinski definition) is 3. The van der Waals surface area contributed by atoms with Gasteiger partial charge in [0.1, 0.15) is 2.86 Å². The summed E-state index contributed by atoms with van der Waals surface area (Å²) in [5.74, 6) is 0. The summed E-state index contributed by atoms with van der Waals surface area (Å²) >= 11 is 7.19. The Balaban J connectivity index is 4.78. The maximum atomic E-state index is 5.95. The minimum atomic E-state index is -2.73. The Kier molecular flexibility index (Phi) is 9.60. The number of alkyl halides is 2. The van der Waals surface area contributed by atoms with Crippen LogP contribution in [0.5, 0.6) is 0 Å². The van der Waals surface area contributed by atoms with Gasteiger partial charge in [-0.05, 0) is 26.2 Å². The second-order valence-corrected chi connectivity index (χ2v) is 12.7. The molecule has 3 nitrogen and oxygen atoms in total. The van der Waals surface area contributed by atoms with Gasteiger partial charge in [0.05, 0.1) is 0 Å². The molecule has 0 unspecified atom stereocenters. The van der Waals surface area contributed by atoms with Crippen LogP contribution < -0.4 is 0 Å². The minimum Gasteiger partial charge on any atom is -0.372 e. The van der Waals surface area contributed by atoms with E-state index in [0.717, 1.165) is 19.3 Å². The van der Waals surface area contributed by atoms with E-state index in [1.54, 1.807) is 0 Å². The smallest absolute Gasteiger partial charge is 0.372 e. The van der Waals surface area contributed by atoms with Crippen LogP contribution in [0.15, 0.2) is 0 Å². The number of rotatable bonds is 10. The van der Waals surface area contributed by atoms with E-state index in [4.69, 9.17) is 13.3 Å². The highest BCUT2D eigenvalue weighted by molar-refractivity contribution is 9.26. The molecule has 0 saturated heterocycles. The summed E-state index contributed by atoms with van der Waals surface area (Å²) in [6.07, 6.45) is 2.86. The van der Waals surface area contributed by atoms with E-state index in [0.29, 0.717) is 19.8 Å². The van der Waals surface area contributed by atoms with E-state index < -0.39 is 11.7 Å². The van der Waals surface area contributed by atoms with Crippen LogP contribution >= 0.6 is 31.9 Å². The Morgan fingerprint density at radius 1 is 0.824 bits per heavy atom. The fraction of sp³-hybridized carbons (Fsp3) is 1.00. The first-order valence-corrected chi connectivity index (χ1v) is 9.54. The van der Waals surface area contributed by atoms with Gasteiger partial charge in [-0.15, -0.1) is 0 Å². The van der Waals surface area contributed by atoms with Crippen molar-refractivity contribution in [2.75, 3.05) is 19.8 Å². The van der Waals surface area contributed by atoms with Gasteiger partial charge in [-0.3, -0.25) is 0 Å². The molecule has 0 aromatic carbocycles. The highest BCUT2D eigenvalue weighted by atomic mass is 79.9. The highest BCUT2D eigenvalue weighted by Crippen LogP contribution is 2.38. The van der Waals surface area contributed by atoms with E-state index in [1.165, 1.54) is 0 Å². The number of halogens is 2. The fourth-order valence-electron chi connectivity index (χ4n) is 1.21. The van der Waals surface area contributed by atoms with E-state index in [1.807, 2.05) is 6.92 Å². The average molecular weight is 392 g/mol.